The van der Waals surface area contributed by atoms with E-state index in [9.17, 15) is 44.7 Å². The standard InChI is InChI=1S/C56H104F8N2O26/c1-2-7-69-11-15-73-19-23-77-27-31-81-35-39-85-43-47-89-48-44-86-40-36-82-32-28-78-24-20-74-16-12-70-8-3-4-51(67)53(57,58)91-55(61,62)56(63,64)92-54(59,60)52(68)66-6-10-72-14-18-76-22-26-80-30-34-84-38-42-88-46-50-90-49-45-87-41-37-83-33-29-79-25-21-75-17-13-71-9-5-65/h2-50,65H2,1H3,(H,66,68). The van der Waals surface area contributed by atoms with E-state index >= 15 is 0 Å². The van der Waals surface area contributed by atoms with E-state index in [2.05, 4.69) is 16.4 Å². The average Bonchev–Trinajstić information content (AvgIpc) is 0.793. The van der Waals surface area contributed by atoms with E-state index in [-0.39, 0.29) is 79.3 Å². The Bertz CT molecular complexity index is 1480. The summed E-state index contributed by atoms with van der Waals surface area (Å²) in [7, 11) is 0. The molecule has 0 aromatic carbocycles. The van der Waals surface area contributed by atoms with Crippen molar-refractivity contribution < 1.29 is 158 Å². The van der Waals surface area contributed by atoms with Crippen molar-refractivity contribution in [2.45, 2.75) is 50.6 Å². The van der Waals surface area contributed by atoms with E-state index in [1.54, 1.807) is 0 Å². The second kappa shape index (κ2) is 65.8. The highest BCUT2D eigenvalue weighted by Gasteiger charge is 2.69. The lowest BCUT2D eigenvalue weighted by molar-refractivity contribution is -0.499. The van der Waals surface area contributed by atoms with Gasteiger partial charge in [-0.25, -0.2) is 9.47 Å². The molecule has 0 aliphatic rings. The molecule has 92 heavy (non-hydrogen) atoms. The van der Waals surface area contributed by atoms with Gasteiger partial charge in [-0.3, -0.25) is 9.59 Å². The van der Waals surface area contributed by atoms with Gasteiger partial charge in [0.2, 0.25) is 5.78 Å². The number of ketones is 1. The molecule has 0 rings (SSSR count). The van der Waals surface area contributed by atoms with Crippen LogP contribution in [0.25, 0.3) is 0 Å². The average molecular weight is 1370 g/mol. The minimum atomic E-state index is -6.54. The highest BCUT2D eigenvalue weighted by atomic mass is 19.3. The van der Waals surface area contributed by atoms with E-state index in [1.165, 1.54) is 5.32 Å². The molecule has 0 atom stereocenters. The van der Waals surface area contributed by atoms with E-state index in [4.69, 9.17) is 110 Å². The van der Waals surface area contributed by atoms with Gasteiger partial charge in [-0.1, -0.05) is 6.92 Å². The predicted octanol–water partition coefficient (Wildman–Crippen LogP) is 2.59. The van der Waals surface area contributed by atoms with E-state index < -0.39 is 62.1 Å². The van der Waals surface area contributed by atoms with Gasteiger partial charge in [0.05, 0.1) is 277 Å². The van der Waals surface area contributed by atoms with Crippen molar-refractivity contribution in [3.05, 3.63) is 0 Å². The third-order valence-corrected chi connectivity index (χ3v) is 10.7. The monoisotopic (exact) mass is 1370 g/mol. The predicted molar refractivity (Wildman–Crippen MR) is 307 cm³/mol. The van der Waals surface area contributed by atoms with Crippen LogP contribution in [0.2, 0.25) is 0 Å². The Balaban J connectivity index is 3.72. The number of hydrogen-bond acceptors (Lipinski definition) is 27. The van der Waals surface area contributed by atoms with Crippen LogP contribution in [0, 0.1) is 0 Å². The minimum Gasteiger partial charge on any atom is -0.379 e. The van der Waals surface area contributed by atoms with Crippen molar-refractivity contribution in [1.29, 1.82) is 0 Å². The SMILES string of the molecule is CCCOCCOCCOCCOCCOCCOCCOCCOCCOCCOCCOCCCC(=O)C(F)(F)OC(F)(F)C(F)(F)OC(F)(F)C(=O)NCCOCCOCCOCCOCCOCCOCCOCCOCCOCCOCCOCCN. The van der Waals surface area contributed by atoms with Gasteiger partial charge in [0.1, 0.15) is 0 Å². The maximum Gasteiger partial charge on any atom is 0.453 e. The van der Waals surface area contributed by atoms with Crippen LogP contribution in [0.3, 0.4) is 0 Å². The molecule has 36 heteroatoms. The summed E-state index contributed by atoms with van der Waals surface area (Å²) < 4.78 is 236. The Morgan fingerprint density at radius 2 is 0.478 bits per heavy atom. The number of rotatable bonds is 78. The normalized spacial score (nSPS) is 12.5. The number of nitrogens with one attached hydrogen (secondary N) is 1. The molecular formula is C56H104F8N2O26. The Hall–Kier alpha value is -2.42. The van der Waals surface area contributed by atoms with Crippen molar-refractivity contribution in [1.82, 2.24) is 5.32 Å². The number of nitrogens with two attached hydrogens (primary N) is 1. The maximum atomic E-state index is 14.2. The van der Waals surface area contributed by atoms with Crippen LogP contribution < -0.4 is 11.1 Å². The summed E-state index contributed by atoms with van der Waals surface area (Å²) >= 11 is 0. The number of carbonyl (C=O) groups is 2. The summed E-state index contributed by atoms with van der Waals surface area (Å²) in [5, 5.41) is 1.41. The van der Waals surface area contributed by atoms with Crippen molar-refractivity contribution >= 4 is 11.7 Å². The molecule has 0 aromatic rings. The topological polar surface area (TPSA) is 294 Å². The zero-order chi connectivity index (χ0) is 67.5. The van der Waals surface area contributed by atoms with Gasteiger partial charge in [-0.05, 0) is 12.8 Å². The molecule has 0 aromatic heterocycles. The molecule has 0 saturated carbocycles. The number of amides is 1. The van der Waals surface area contributed by atoms with Crippen LogP contribution >= 0.6 is 0 Å². The van der Waals surface area contributed by atoms with Gasteiger partial charge in [-0.15, -0.1) is 0 Å². The number of alkyl halides is 8. The summed E-state index contributed by atoms with van der Waals surface area (Å²) in [6.45, 7) is 16.0. The van der Waals surface area contributed by atoms with E-state index in [0.29, 0.717) is 205 Å². The second-order valence-electron chi connectivity index (χ2n) is 18.3. The number of Topliss-reactive ketones (excluding diaryl/α,β-unsaturated/α-hetero) is 1. The van der Waals surface area contributed by atoms with Crippen molar-refractivity contribution in [3.63, 3.8) is 0 Å². The molecule has 3 N–H and O–H groups in total. The summed E-state index contributed by atoms with van der Waals surface area (Å²) in [4.78, 5) is 23.6. The summed E-state index contributed by atoms with van der Waals surface area (Å²) in [6.07, 6.45) is -25.1. The Morgan fingerprint density at radius 3 is 0.707 bits per heavy atom. The van der Waals surface area contributed by atoms with Gasteiger partial charge in [0.15, 0.2) is 0 Å². The first kappa shape index (κ1) is 89.6. The molecule has 0 radical (unpaired) electrons. The van der Waals surface area contributed by atoms with Gasteiger partial charge in [0.25, 0.3) is 0 Å². The Morgan fingerprint density at radius 1 is 0.283 bits per heavy atom. The quantitative estimate of drug-likeness (QED) is 0.0653. The van der Waals surface area contributed by atoms with Gasteiger partial charge in [0, 0.05) is 32.7 Å². The number of halogens is 8. The van der Waals surface area contributed by atoms with Crippen LogP contribution in [0.5, 0.6) is 0 Å². The van der Waals surface area contributed by atoms with Crippen LogP contribution in [0.15, 0.2) is 0 Å². The molecular weight excluding hydrogens is 1270 g/mol. The molecule has 0 fully saturated rings. The minimum absolute atomic E-state index is 0.00628. The first-order valence-electron chi connectivity index (χ1n) is 30.8. The second-order valence-corrected chi connectivity index (χ2v) is 18.3. The number of carbonyl (C=O) groups excluding carboxylic acids is 2. The zero-order valence-electron chi connectivity index (χ0n) is 53.4. The Labute approximate surface area is 534 Å². The fraction of sp³-hybridized carbons (Fsp3) is 0.964. The smallest absolute Gasteiger partial charge is 0.379 e. The molecule has 550 valence electrons. The van der Waals surface area contributed by atoms with Gasteiger partial charge in [-0.2, -0.15) is 35.1 Å². The zero-order valence-corrected chi connectivity index (χ0v) is 53.4. The summed E-state index contributed by atoms with van der Waals surface area (Å²) in [5.41, 5.74) is 5.33. The van der Waals surface area contributed by atoms with Crippen molar-refractivity contribution in [2.75, 3.05) is 304 Å². The van der Waals surface area contributed by atoms with Crippen LogP contribution in [0.4, 0.5) is 35.1 Å². The van der Waals surface area contributed by atoms with Crippen molar-refractivity contribution in [2.24, 2.45) is 5.73 Å². The maximum absolute atomic E-state index is 14.2. The molecule has 0 aliphatic carbocycles. The molecule has 0 saturated heterocycles. The summed E-state index contributed by atoms with van der Waals surface area (Å²) in [6, 6.07) is 0. The third kappa shape index (κ3) is 60.0. The first-order chi connectivity index (χ1) is 44.6. The van der Waals surface area contributed by atoms with E-state index in [0.717, 1.165) is 13.0 Å². The fourth-order valence-electron chi connectivity index (χ4n) is 6.19. The molecule has 0 bridgehead atoms. The third-order valence-electron chi connectivity index (χ3n) is 10.7. The van der Waals surface area contributed by atoms with Gasteiger partial charge >= 0.3 is 30.3 Å². The van der Waals surface area contributed by atoms with E-state index in [1.807, 2.05) is 0 Å². The number of hydrogen-bond donors (Lipinski definition) is 2. The van der Waals surface area contributed by atoms with Crippen LogP contribution in [0.1, 0.15) is 26.2 Å². The highest BCUT2D eigenvalue weighted by molar-refractivity contribution is 5.84. The lowest BCUT2D eigenvalue weighted by atomic mass is 10.2. The molecule has 28 nitrogen and oxygen atoms in total. The van der Waals surface area contributed by atoms with Crippen LogP contribution in [-0.2, 0) is 123 Å². The summed E-state index contributed by atoms with van der Waals surface area (Å²) in [5.74, 6) is -5.04. The molecule has 0 unspecified atom stereocenters. The van der Waals surface area contributed by atoms with Crippen LogP contribution in [-0.4, -0.2) is 340 Å². The molecule has 1 amide bonds. The van der Waals surface area contributed by atoms with Crippen molar-refractivity contribution in [3.8, 4) is 0 Å². The highest BCUT2D eigenvalue weighted by Crippen LogP contribution is 2.43. The Kier molecular flexibility index (Phi) is 64.1. The lowest BCUT2D eigenvalue weighted by Gasteiger charge is -2.30. The first-order valence-corrected chi connectivity index (χ1v) is 30.8. The van der Waals surface area contributed by atoms with Gasteiger partial charge < -0.3 is 115 Å². The lowest BCUT2D eigenvalue weighted by Crippen LogP contribution is -2.56. The molecule has 0 spiro atoms. The number of ether oxygens (including phenoxy) is 24. The largest absolute Gasteiger partial charge is 0.453 e. The molecule has 0 heterocycles. The molecule has 0 aliphatic heterocycles. The fourth-order valence-corrected chi connectivity index (χ4v) is 6.19.